The monoisotopic (exact) mass is 349 g/mol. The second-order valence-electron chi connectivity index (χ2n) is 4.42. The number of rotatable bonds is 3. The summed E-state index contributed by atoms with van der Waals surface area (Å²) in [5.74, 6) is 0.114. The number of carbonyl (C=O) groups excluding carboxylic acids is 1. The molecule has 0 spiro atoms. The molecule has 0 saturated heterocycles. The van der Waals surface area contributed by atoms with Crippen LogP contribution in [0.4, 0.5) is 5.69 Å². The van der Waals surface area contributed by atoms with Crippen LogP contribution in [0.1, 0.15) is 10.4 Å². The molecule has 0 aliphatic carbocycles. The number of aromatic nitrogens is 4. The second-order valence-corrected chi connectivity index (χ2v) is 5.27. The van der Waals surface area contributed by atoms with Gasteiger partial charge < -0.3 is 10.1 Å². The smallest absolute Gasteiger partial charge is 0.257 e. The average molecular weight is 350 g/mol. The average Bonchev–Trinajstić information content (AvgIpc) is 3.01. The number of fused-ring (bicyclic) bond motifs is 1. The summed E-state index contributed by atoms with van der Waals surface area (Å²) in [7, 11) is 3.26. The van der Waals surface area contributed by atoms with E-state index < -0.39 is 0 Å². The second kappa shape index (κ2) is 5.21. The molecule has 0 fully saturated rings. The first-order valence-electron chi connectivity index (χ1n) is 6.10. The number of pyridine rings is 1. The summed E-state index contributed by atoms with van der Waals surface area (Å²) in [6, 6.07) is 3.56. The van der Waals surface area contributed by atoms with Crippen molar-refractivity contribution in [3.63, 3.8) is 0 Å². The number of hydrogen-bond acceptors (Lipinski definition) is 4. The van der Waals surface area contributed by atoms with Crippen molar-refractivity contribution in [2.75, 3.05) is 12.4 Å². The number of ether oxygens (including phenoxy) is 1. The lowest BCUT2D eigenvalue weighted by Gasteiger charge is -2.05. The van der Waals surface area contributed by atoms with E-state index in [2.05, 4.69) is 31.4 Å². The van der Waals surface area contributed by atoms with Crippen LogP contribution in [-0.2, 0) is 7.05 Å². The number of nitrogens with zero attached hydrogens (tertiary/aromatic N) is 4. The third-order valence-electron chi connectivity index (χ3n) is 2.97. The van der Waals surface area contributed by atoms with Gasteiger partial charge in [-0.05, 0) is 28.1 Å². The molecule has 0 saturated carbocycles. The zero-order valence-electron chi connectivity index (χ0n) is 11.4. The summed E-state index contributed by atoms with van der Waals surface area (Å²) < 4.78 is 9.19. The summed E-state index contributed by atoms with van der Waals surface area (Å²) in [5, 5.41) is 11.0. The molecule has 3 rings (SSSR count). The van der Waals surface area contributed by atoms with Gasteiger partial charge in [0.15, 0.2) is 0 Å². The molecule has 0 aliphatic heterocycles. The van der Waals surface area contributed by atoms with E-state index in [0.717, 1.165) is 9.99 Å². The number of carbonyl (C=O) groups is 1. The maximum absolute atomic E-state index is 12.3. The zero-order valence-corrected chi connectivity index (χ0v) is 13.0. The van der Waals surface area contributed by atoms with Crippen molar-refractivity contribution < 1.29 is 9.53 Å². The summed E-state index contributed by atoms with van der Waals surface area (Å²) in [4.78, 5) is 12.3. The molecular weight excluding hydrogens is 338 g/mol. The molecule has 1 N–H and O–H groups in total. The Morgan fingerprint density at radius 1 is 1.38 bits per heavy atom. The fraction of sp³-hybridized carbons (Fsp3) is 0.154. The summed E-state index contributed by atoms with van der Waals surface area (Å²) in [5.41, 5.74) is 1.90. The predicted octanol–water partition coefficient (Wildman–Crippen LogP) is 2.09. The molecule has 1 amide bonds. The number of halogens is 1. The van der Waals surface area contributed by atoms with Crippen molar-refractivity contribution >= 4 is 33.0 Å². The van der Waals surface area contributed by atoms with Crippen molar-refractivity contribution in [1.29, 1.82) is 0 Å². The minimum atomic E-state index is -0.255. The highest BCUT2D eigenvalue weighted by Gasteiger charge is 2.14. The highest BCUT2D eigenvalue weighted by Crippen LogP contribution is 2.22. The van der Waals surface area contributed by atoms with Crippen LogP contribution in [0.15, 0.2) is 35.2 Å². The van der Waals surface area contributed by atoms with E-state index in [9.17, 15) is 4.79 Å². The standard InChI is InChI=1S/C13H12BrN5O2/c1-18-7-10(13(17-18)21-2)16-12(20)8-3-4-11-9(14)5-15-19(11)6-8/h3-7H,1-2H3,(H,16,20). The minimum absolute atomic E-state index is 0.255. The molecule has 0 aliphatic rings. The highest BCUT2D eigenvalue weighted by molar-refractivity contribution is 9.10. The van der Waals surface area contributed by atoms with Gasteiger partial charge in [-0.3, -0.25) is 9.48 Å². The molecule has 3 heterocycles. The van der Waals surface area contributed by atoms with Crippen molar-refractivity contribution in [3.8, 4) is 5.88 Å². The van der Waals surface area contributed by atoms with Gasteiger partial charge in [0.2, 0.25) is 0 Å². The van der Waals surface area contributed by atoms with E-state index in [1.807, 2.05) is 6.07 Å². The Balaban J connectivity index is 1.89. The topological polar surface area (TPSA) is 73.4 Å². The van der Waals surface area contributed by atoms with Crippen LogP contribution >= 0.6 is 15.9 Å². The number of aryl methyl sites for hydroxylation is 1. The lowest BCUT2D eigenvalue weighted by atomic mass is 10.2. The molecule has 0 radical (unpaired) electrons. The van der Waals surface area contributed by atoms with Crippen molar-refractivity contribution in [2.45, 2.75) is 0 Å². The van der Waals surface area contributed by atoms with Crippen molar-refractivity contribution in [1.82, 2.24) is 19.4 Å². The van der Waals surface area contributed by atoms with E-state index in [-0.39, 0.29) is 5.91 Å². The summed E-state index contributed by atoms with van der Waals surface area (Å²) in [6.45, 7) is 0. The Morgan fingerprint density at radius 2 is 2.19 bits per heavy atom. The molecule has 7 nitrogen and oxygen atoms in total. The molecule has 0 atom stereocenters. The fourth-order valence-corrected chi connectivity index (χ4v) is 2.39. The van der Waals surface area contributed by atoms with Crippen molar-refractivity contribution in [2.24, 2.45) is 7.05 Å². The van der Waals surface area contributed by atoms with E-state index in [1.54, 1.807) is 40.9 Å². The molecule has 0 bridgehead atoms. The molecule has 108 valence electrons. The number of nitrogens with one attached hydrogen (secondary N) is 1. The van der Waals surface area contributed by atoms with Gasteiger partial charge in [-0.1, -0.05) is 0 Å². The maximum atomic E-state index is 12.3. The summed E-state index contributed by atoms with van der Waals surface area (Å²) >= 11 is 3.39. The van der Waals surface area contributed by atoms with Gasteiger partial charge >= 0.3 is 0 Å². The zero-order chi connectivity index (χ0) is 15.0. The van der Waals surface area contributed by atoms with Crippen LogP contribution < -0.4 is 10.1 Å². The lowest BCUT2D eigenvalue weighted by molar-refractivity contribution is 0.102. The highest BCUT2D eigenvalue weighted by atomic mass is 79.9. The van der Waals surface area contributed by atoms with Crippen LogP contribution in [0.3, 0.4) is 0 Å². The molecule has 8 heteroatoms. The molecule has 3 aromatic heterocycles. The Hall–Kier alpha value is -2.35. The van der Waals surface area contributed by atoms with Crippen LogP contribution in [0, 0.1) is 0 Å². The normalized spacial score (nSPS) is 10.8. The van der Waals surface area contributed by atoms with Gasteiger partial charge in [0.25, 0.3) is 11.8 Å². The molecular formula is C13H12BrN5O2. The largest absolute Gasteiger partial charge is 0.478 e. The van der Waals surface area contributed by atoms with Gasteiger partial charge in [-0.15, -0.1) is 5.10 Å². The third kappa shape index (κ3) is 2.49. The third-order valence-corrected chi connectivity index (χ3v) is 3.58. The first-order valence-corrected chi connectivity index (χ1v) is 6.89. The minimum Gasteiger partial charge on any atom is -0.478 e. The first kappa shape index (κ1) is 13.6. The number of methoxy groups -OCH3 is 1. The van der Waals surface area contributed by atoms with E-state index in [0.29, 0.717) is 17.1 Å². The first-order chi connectivity index (χ1) is 10.1. The Morgan fingerprint density at radius 3 is 2.95 bits per heavy atom. The van der Waals surface area contributed by atoms with Gasteiger partial charge in [-0.2, -0.15) is 5.10 Å². The fourth-order valence-electron chi connectivity index (χ4n) is 1.99. The molecule has 21 heavy (non-hydrogen) atoms. The number of hydrogen-bond donors (Lipinski definition) is 1. The predicted molar refractivity (Wildman–Crippen MR) is 80.6 cm³/mol. The number of anilines is 1. The van der Waals surface area contributed by atoms with Crippen molar-refractivity contribution in [3.05, 3.63) is 40.8 Å². The van der Waals surface area contributed by atoms with Crippen LogP contribution in [0.25, 0.3) is 5.52 Å². The maximum Gasteiger partial charge on any atom is 0.257 e. The van der Waals surface area contributed by atoms with Gasteiger partial charge in [0, 0.05) is 13.2 Å². The van der Waals surface area contributed by atoms with E-state index in [1.165, 1.54) is 7.11 Å². The molecule has 0 unspecified atom stereocenters. The Labute approximate surface area is 128 Å². The number of amides is 1. The quantitative estimate of drug-likeness (QED) is 0.785. The van der Waals surface area contributed by atoms with Crippen LogP contribution in [0.5, 0.6) is 5.88 Å². The van der Waals surface area contributed by atoms with E-state index >= 15 is 0 Å². The van der Waals surface area contributed by atoms with Gasteiger partial charge in [0.05, 0.1) is 35.1 Å². The SMILES string of the molecule is COc1nn(C)cc1NC(=O)c1ccc2c(Br)cnn2c1. The van der Waals surface area contributed by atoms with Crippen LogP contribution in [-0.4, -0.2) is 32.4 Å². The van der Waals surface area contributed by atoms with Crippen LogP contribution in [0.2, 0.25) is 0 Å². The van der Waals surface area contributed by atoms with Gasteiger partial charge in [0.1, 0.15) is 5.69 Å². The summed E-state index contributed by atoms with van der Waals surface area (Å²) in [6.07, 6.45) is 5.03. The molecule has 3 aromatic rings. The van der Waals surface area contributed by atoms with Gasteiger partial charge in [-0.25, -0.2) is 4.52 Å². The Kier molecular flexibility index (Phi) is 3.38. The van der Waals surface area contributed by atoms with E-state index in [4.69, 9.17) is 4.74 Å². The Bertz CT molecular complexity index is 823. The molecule has 0 aromatic carbocycles. The lowest BCUT2D eigenvalue weighted by Crippen LogP contribution is -2.13.